The van der Waals surface area contributed by atoms with Crippen molar-refractivity contribution in [3.63, 3.8) is 0 Å². The quantitative estimate of drug-likeness (QED) is 0.103. The van der Waals surface area contributed by atoms with E-state index in [-0.39, 0.29) is 5.69 Å². The van der Waals surface area contributed by atoms with E-state index in [4.69, 9.17) is 36.8 Å². The first-order valence-electron chi connectivity index (χ1n) is 9.70. The predicted molar refractivity (Wildman–Crippen MR) is 117 cm³/mol. The van der Waals surface area contributed by atoms with Crippen LogP contribution in [-0.4, -0.2) is 30.2 Å². The second-order valence-electron chi connectivity index (χ2n) is 6.22. The summed E-state index contributed by atoms with van der Waals surface area (Å²) >= 11 is 12.8. The lowest BCUT2D eigenvalue weighted by Crippen LogP contribution is -2.20. The van der Waals surface area contributed by atoms with E-state index in [1.165, 1.54) is 12.1 Å². The first-order chi connectivity index (χ1) is 13.9. The fourth-order valence-corrected chi connectivity index (χ4v) is 4.75. The zero-order valence-electron chi connectivity index (χ0n) is 17.1. The molecule has 1 rings (SSSR count). The molecule has 0 saturated heterocycles. The molecule has 0 radical (unpaired) electrons. The maximum Gasteiger partial charge on any atom is 0.372 e. The van der Waals surface area contributed by atoms with Gasteiger partial charge < -0.3 is 13.6 Å². The predicted octanol–water partition coefficient (Wildman–Crippen LogP) is 6.56. The number of hydrogen-bond donors (Lipinski definition) is 1. The molecule has 29 heavy (non-hydrogen) atoms. The Bertz CT molecular complexity index is 635. The topological polar surface area (TPSA) is 95.2 Å². The maximum atomic E-state index is 10.8. The Kier molecular flexibility index (Phi) is 13.0. The van der Waals surface area contributed by atoms with Crippen LogP contribution in [0.5, 0.6) is 0 Å². The average molecular weight is 470 g/mol. The Morgan fingerprint density at radius 1 is 1.03 bits per heavy atom. The number of nitrogens with zero attached hydrogens (tertiary/aromatic N) is 2. The summed E-state index contributed by atoms with van der Waals surface area (Å²) in [6.07, 6.45) is 2.74. The van der Waals surface area contributed by atoms with Crippen molar-refractivity contribution in [1.29, 1.82) is 0 Å². The summed E-state index contributed by atoms with van der Waals surface area (Å²) in [4.78, 5) is 14.7. The molecule has 0 spiro atoms. The summed E-state index contributed by atoms with van der Waals surface area (Å²) in [5, 5.41) is 10.3. The number of benzene rings is 1. The van der Waals surface area contributed by atoms with Gasteiger partial charge in [-0.15, -0.1) is 28.1 Å². The van der Waals surface area contributed by atoms with Gasteiger partial charge in [0.15, 0.2) is 0 Å². The minimum atomic E-state index is -2.92. The molecular weight excluding hydrogens is 440 g/mol. The zero-order valence-corrected chi connectivity index (χ0v) is 19.5. The summed E-state index contributed by atoms with van der Waals surface area (Å²) < 4.78 is 17.5. The summed E-state index contributed by atoms with van der Waals surface area (Å²) in [6.45, 7) is 7.36. The molecule has 2 unspecified atom stereocenters. The van der Waals surface area contributed by atoms with Gasteiger partial charge in [-0.2, -0.15) is 5.43 Å². The molecule has 1 aromatic rings. The molecule has 0 saturated carbocycles. The Morgan fingerprint density at radius 3 is 1.93 bits per heavy atom. The van der Waals surface area contributed by atoms with Gasteiger partial charge in [-0.05, 0) is 31.2 Å². The Morgan fingerprint density at radius 2 is 1.52 bits per heavy atom. The standard InChI is InChI=1S/C18H30Cl2N3O5P/c1-4-11-26-29(27-12-5-2,28-13-6-3)22-21-18(20)14-17(19)15-7-9-16(10-8-15)23(24)25/h7-10,17-18,21H,4-6,11-14H2,1-3H3. The molecule has 2 atom stereocenters. The zero-order chi connectivity index (χ0) is 21.7. The van der Waals surface area contributed by atoms with E-state index in [9.17, 15) is 10.1 Å². The molecule has 0 aliphatic heterocycles. The summed E-state index contributed by atoms with van der Waals surface area (Å²) in [6, 6.07) is 6.07. The first kappa shape index (κ1) is 26.3. The molecule has 0 heterocycles. The van der Waals surface area contributed by atoms with Crippen molar-refractivity contribution in [2.24, 2.45) is 4.85 Å². The van der Waals surface area contributed by atoms with Crippen LogP contribution in [0.3, 0.4) is 0 Å². The lowest BCUT2D eigenvalue weighted by Gasteiger charge is -2.24. The molecule has 0 bridgehead atoms. The maximum absolute atomic E-state index is 10.8. The third-order valence-corrected chi connectivity index (χ3v) is 6.17. The number of nitrogens with one attached hydrogen (secondary N) is 1. The minimum Gasteiger partial charge on any atom is -0.302 e. The largest absolute Gasteiger partial charge is 0.372 e. The van der Waals surface area contributed by atoms with Gasteiger partial charge in [-0.25, -0.2) is 0 Å². The molecule has 1 aromatic carbocycles. The molecule has 8 nitrogen and oxygen atoms in total. The number of halogens is 2. The molecule has 0 aliphatic rings. The fraction of sp³-hybridized carbons (Fsp3) is 0.667. The van der Waals surface area contributed by atoms with E-state index in [2.05, 4.69) is 10.3 Å². The van der Waals surface area contributed by atoms with Crippen molar-refractivity contribution < 1.29 is 18.5 Å². The highest BCUT2D eigenvalue weighted by Crippen LogP contribution is 2.53. The summed E-state index contributed by atoms with van der Waals surface area (Å²) in [5.41, 5.74) is 2.99. The molecule has 166 valence electrons. The third-order valence-electron chi connectivity index (χ3n) is 3.58. The van der Waals surface area contributed by atoms with Crippen molar-refractivity contribution in [3.05, 3.63) is 39.9 Å². The van der Waals surface area contributed by atoms with Gasteiger partial charge in [0.2, 0.25) is 0 Å². The smallest absolute Gasteiger partial charge is 0.302 e. The molecule has 0 aromatic heterocycles. The van der Waals surface area contributed by atoms with E-state index < -0.39 is 23.5 Å². The van der Waals surface area contributed by atoms with Crippen LogP contribution in [-0.2, 0) is 13.6 Å². The van der Waals surface area contributed by atoms with Gasteiger partial charge >= 0.3 is 7.74 Å². The number of nitro groups is 1. The summed E-state index contributed by atoms with van der Waals surface area (Å²) in [5.74, 6) is 0. The lowest BCUT2D eigenvalue weighted by molar-refractivity contribution is -0.384. The minimum absolute atomic E-state index is 0.0111. The highest BCUT2D eigenvalue weighted by molar-refractivity contribution is 7.51. The van der Waals surface area contributed by atoms with Gasteiger partial charge in [0.1, 0.15) is 5.50 Å². The molecule has 1 N–H and O–H groups in total. The van der Waals surface area contributed by atoms with Crippen LogP contribution < -0.4 is 5.43 Å². The van der Waals surface area contributed by atoms with Crippen LogP contribution in [0.2, 0.25) is 0 Å². The van der Waals surface area contributed by atoms with Crippen LogP contribution in [0, 0.1) is 10.1 Å². The first-order valence-corrected chi connectivity index (χ1v) is 12.1. The van der Waals surface area contributed by atoms with Gasteiger partial charge in [0.25, 0.3) is 5.69 Å². The van der Waals surface area contributed by atoms with Crippen LogP contribution in [0.15, 0.2) is 29.1 Å². The van der Waals surface area contributed by atoms with Crippen molar-refractivity contribution in [1.82, 2.24) is 5.43 Å². The molecule has 0 fully saturated rings. The van der Waals surface area contributed by atoms with Crippen molar-refractivity contribution in [2.75, 3.05) is 19.8 Å². The van der Waals surface area contributed by atoms with Gasteiger partial charge in [0.05, 0.1) is 30.1 Å². The van der Waals surface area contributed by atoms with Crippen molar-refractivity contribution in [3.8, 4) is 0 Å². The van der Waals surface area contributed by atoms with E-state index in [0.717, 1.165) is 24.8 Å². The molecule has 11 heteroatoms. The highest BCUT2D eigenvalue weighted by atomic mass is 35.5. The molecular formula is C18H30Cl2N3O5P. The van der Waals surface area contributed by atoms with E-state index in [1.807, 2.05) is 20.8 Å². The molecule has 0 amide bonds. The highest BCUT2D eigenvalue weighted by Gasteiger charge is 2.25. The number of hydrogen-bond acceptors (Lipinski definition) is 6. The van der Waals surface area contributed by atoms with Gasteiger partial charge in [-0.1, -0.05) is 32.9 Å². The van der Waals surface area contributed by atoms with Crippen LogP contribution >= 0.6 is 30.9 Å². The second-order valence-corrected chi connectivity index (χ2v) is 9.18. The monoisotopic (exact) mass is 469 g/mol. The normalized spacial score (nSPS) is 13.8. The average Bonchev–Trinajstić information content (AvgIpc) is 2.72. The third kappa shape index (κ3) is 9.75. The van der Waals surface area contributed by atoms with Gasteiger partial charge in [-0.3, -0.25) is 10.1 Å². The Labute approximate surface area is 182 Å². The van der Waals surface area contributed by atoms with Gasteiger partial charge in [0, 0.05) is 12.1 Å². The lowest BCUT2D eigenvalue weighted by atomic mass is 10.1. The number of alkyl halides is 2. The SMILES string of the molecule is CCCOP(=NNC(Cl)CC(Cl)c1ccc([N+](=O)[O-])cc1)(OCCC)OCCC. The number of non-ortho nitro benzene ring substituents is 1. The van der Waals surface area contributed by atoms with E-state index in [0.29, 0.717) is 26.2 Å². The molecule has 0 aliphatic carbocycles. The van der Waals surface area contributed by atoms with Crippen molar-refractivity contribution >= 4 is 36.6 Å². The second kappa shape index (κ2) is 14.3. The van der Waals surface area contributed by atoms with E-state index in [1.54, 1.807) is 12.1 Å². The number of nitro benzene ring substituents is 1. The van der Waals surface area contributed by atoms with Crippen LogP contribution in [0.1, 0.15) is 57.4 Å². The van der Waals surface area contributed by atoms with E-state index >= 15 is 0 Å². The summed E-state index contributed by atoms with van der Waals surface area (Å²) in [7, 11) is -2.92. The van der Waals surface area contributed by atoms with Crippen LogP contribution in [0.4, 0.5) is 5.69 Å². The number of rotatable bonds is 15. The fourth-order valence-electron chi connectivity index (χ4n) is 2.13. The van der Waals surface area contributed by atoms with Crippen molar-refractivity contribution in [2.45, 2.75) is 57.3 Å². The Balaban J connectivity index is 2.82. The Hall–Kier alpha value is -0.730. The van der Waals surface area contributed by atoms with Crippen LogP contribution in [0.25, 0.3) is 0 Å².